The van der Waals surface area contributed by atoms with Crippen LogP contribution in [-0.2, 0) is 0 Å². The summed E-state index contributed by atoms with van der Waals surface area (Å²) in [6.45, 7) is 0.488. The lowest BCUT2D eigenvalue weighted by Gasteiger charge is -2.58. The molecule has 2 fully saturated rings. The second kappa shape index (κ2) is 8.06. The Morgan fingerprint density at radius 2 is 1.73 bits per heavy atom. The van der Waals surface area contributed by atoms with Crippen molar-refractivity contribution in [2.24, 2.45) is 5.41 Å². The summed E-state index contributed by atoms with van der Waals surface area (Å²) in [6, 6.07) is 14.6. The molecule has 3 aliphatic heterocycles. The van der Waals surface area contributed by atoms with Crippen molar-refractivity contribution >= 4 is 5.91 Å². The fourth-order valence-corrected chi connectivity index (χ4v) is 7.43. The number of carbonyl (C=O) groups is 1. The molecule has 1 aliphatic carbocycles. The first-order valence-corrected chi connectivity index (χ1v) is 13.7. The molecule has 1 spiro atoms. The molecule has 0 unspecified atom stereocenters. The van der Waals surface area contributed by atoms with Gasteiger partial charge in [0.15, 0.2) is 23.1 Å². The number of fused-ring (bicyclic) bond motifs is 7. The molecule has 2 atom stereocenters. The number of nitrogens with zero attached hydrogens (tertiary/aromatic N) is 4. The molecule has 1 N–H and O–H groups in total. The first-order valence-electron chi connectivity index (χ1n) is 13.7. The standard InChI is InChI=1S/C31H26F2N4O3/c32-20-9-8-19-25(26(20)33)22-7-3-14-34(22)21-6-2-1-5-18(21)27(19)37-24-17-31(11-4-12-31)13-16-35(24)30(40)28-29(39)23(38)10-15-36(28)37/h1-3,5-10,14-15,24,27,39H,4,11-13,16-17H2/t24-,27-/m1/s1. The highest BCUT2D eigenvalue weighted by atomic mass is 19.2. The van der Waals surface area contributed by atoms with Gasteiger partial charge in [0, 0.05) is 36.1 Å². The maximum absolute atomic E-state index is 15.8. The quantitative estimate of drug-likeness (QED) is 0.366. The number of amides is 1. The summed E-state index contributed by atoms with van der Waals surface area (Å²) in [6.07, 6.45) is 7.76. The monoisotopic (exact) mass is 540 g/mol. The first-order chi connectivity index (χ1) is 19.4. The van der Waals surface area contributed by atoms with Gasteiger partial charge in [-0.25, -0.2) is 8.78 Å². The van der Waals surface area contributed by atoms with Crippen LogP contribution in [0.3, 0.4) is 0 Å². The van der Waals surface area contributed by atoms with Crippen LogP contribution in [0.1, 0.15) is 59.8 Å². The highest BCUT2D eigenvalue weighted by molar-refractivity contribution is 5.96. The lowest BCUT2D eigenvalue weighted by Crippen LogP contribution is -2.66. The van der Waals surface area contributed by atoms with E-state index >= 15 is 4.39 Å². The van der Waals surface area contributed by atoms with Crippen molar-refractivity contribution in [2.45, 2.75) is 44.3 Å². The molecule has 5 heterocycles. The van der Waals surface area contributed by atoms with Gasteiger partial charge in [0.1, 0.15) is 12.2 Å². The summed E-state index contributed by atoms with van der Waals surface area (Å²) >= 11 is 0. The number of rotatable bonds is 1. The number of hydrogen-bond acceptors (Lipinski definition) is 4. The lowest BCUT2D eigenvalue weighted by atomic mass is 9.62. The van der Waals surface area contributed by atoms with Gasteiger partial charge < -0.3 is 14.6 Å². The smallest absolute Gasteiger partial charge is 0.278 e. The van der Waals surface area contributed by atoms with Crippen LogP contribution < -0.4 is 10.4 Å². The molecule has 4 aliphatic rings. The van der Waals surface area contributed by atoms with Crippen molar-refractivity contribution in [1.82, 2.24) is 14.1 Å². The van der Waals surface area contributed by atoms with E-state index in [4.69, 9.17) is 0 Å². The van der Waals surface area contributed by atoms with E-state index in [9.17, 15) is 19.1 Å². The maximum Gasteiger partial charge on any atom is 0.278 e. The molecule has 9 heteroatoms. The number of hydrogen-bond donors (Lipinski definition) is 1. The Balaban J connectivity index is 1.46. The molecule has 2 aromatic heterocycles. The average molecular weight is 541 g/mol. The summed E-state index contributed by atoms with van der Waals surface area (Å²) < 4.78 is 34.1. The molecule has 4 aromatic rings. The molecule has 1 saturated heterocycles. The normalized spacial score (nSPS) is 22.0. The summed E-state index contributed by atoms with van der Waals surface area (Å²) in [5, 5.41) is 12.9. The Morgan fingerprint density at radius 3 is 2.52 bits per heavy atom. The van der Waals surface area contributed by atoms with Crippen LogP contribution in [0.25, 0.3) is 16.9 Å². The van der Waals surface area contributed by atoms with Crippen LogP contribution >= 0.6 is 0 Å². The zero-order valence-corrected chi connectivity index (χ0v) is 21.6. The number of aromatic nitrogens is 2. The van der Waals surface area contributed by atoms with Gasteiger partial charge >= 0.3 is 0 Å². The van der Waals surface area contributed by atoms with Crippen LogP contribution in [0.2, 0.25) is 0 Å². The second-order valence-electron chi connectivity index (χ2n) is 11.4. The van der Waals surface area contributed by atoms with E-state index in [0.29, 0.717) is 24.2 Å². The van der Waals surface area contributed by atoms with E-state index in [1.54, 1.807) is 27.8 Å². The van der Waals surface area contributed by atoms with Gasteiger partial charge in [-0.1, -0.05) is 30.7 Å². The molecule has 0 radical (unpaired) electrons. The lowest BCUT2D eigenvalue weighted by molar-refractivity contribution is -0.0165. The van der Waals surface area contributed by atoms with Crippen molar-refractivity contribution < 1.29 is 18.7 Å². The summed E-state index contributed by atoms with van der Waals surface area (Å²) in [4.78, 5) is 28.1. The molecule has 1 saturated carbocycles. The van der Waals surface area contributed by atoms with Crippen molar-refractivity contribution in [3.63, 3.8) is 0 Å². The number of para-hydroxylation sites is 1. The zero-order valence-electron chi connectivity index (χ0n) is 21.6. The van der Waals surface area contributed by atoms with Gasteiger partial charge in [-0.2, -0.15) is 0 Å². The van der Waals surface area contributed by atoms with Crippen molar-refractivity contribution in [1.29, 1.82) is 0 Å². The fourth-order valence-electron chi connectivity index (χ4n) is 7.43. The molecule has 2 aromatic carbocycles. The van der Waals surface area contributed by atoms with Crippen LogP contribution in [0.5, 0.6) is 5.75 Å². The fraction of sp³-hybridized carbons (Fsp3) is 0.290. The predicted octanol–water partition coefficient (Wildman–Crippen LogP) is 5.08. The Kier molecular flexibility index (Phi) is 4.73. The van der Waals surface area contributed by atoms with Gasteiger partial charge in [0.2, 0.25) is 5.43 Å². The van der Waals surface area contributed by atoms with E-state index in [-0.39, 0.29) is 16.7 Å². The van der Waals surface area contributed by atoms with Gasteiger partial charge in [-0.05, 0) is 60.9 Å². The molecule has 0 bridgehead atoms. The number of piperidine rings is 1. The van der Waals surface area contributed by atoms with E-state index in [1.807, 2.05) is 40.0 Å². The Hall–Kier alpha value is -4.40. The van der Waals surface area contributed by atoms with E-state index in [0.717, 1.165) is 43.0 Å². The third kappa shape index (κ3) is 2.97. The Morgan fingerprint density at radius 1 is 0.900 bits per heavy atom. The van der Waals surface area contributed by atoms with E-state index in [2.05, 4.69) is 0 Å². The van der Waals surface area contributed by atoms with Gasteiger partial charge in [0.05, 0.1) is 11.4 Å². The minimum absolute atomic E-state index is 0.102. The SMILES string of the molecule is O=C1c2c(O)c(=O)ccn2N([C@@H]2c3ccccc3-n3cccc3-c3c2ccc(F)c3F)[C@@H]2CC3(CCC3)CCN12. The third-order valence-corrected chi connectivity index (χ3v) is 9.53. The molecule has 1 amide bonds. The molecule has 8 rings (SSSR count). The Bertz CT molecular complexity index is 1790. The number of carbonyl (C=O) groups excluding carboxylic acids is 1. The van der Waals surface area contributed by atoms with E-state index < -0.39 is 40.9 Å². The molecule has 7 nitrogen and oxygen atoms in total. The summed E-state index contributed by atoms with van der Waals surface area (Å²) in [5.74, 6) is -2.90. The Labute approximate surface area is 228 Å². The van der Waals surface area contributed by atoms with Gasteiger partial charge in [0.25, 0.3) is 5.91 Å². The highest BCUT2D eigenvalue weighted by Gasteiger charge is 2.52. The molecular formula is C31H26F2N4O3. The minimum atomic E-state index is -0.945. The zero-order chi connectivity index (χ0) is 27.3. The number of pyridine rings is 1. The average Bonchev–Trinajstić information content (AvgIpc) is 3.38. The summed E-state index contributed by atoms with van der Waals surface area (Å²) in [5.41, 5.74) is 2.18. The topological polar surface area (TPSA) is 70.7 Å². The largest absolute Gasteiger partial charge is 0.502 e. The number of halogens is 2. The predicted molar refractivity (Wildman–Crippen MR) is 144 cm³/mol. The third-order valence-electron chi connectivity index (χ3n) is 9.53. The molecule has 40 heavy (non-hydrogen) atoms. The van der Waals surface area contributed by atoms with Crippen LogP contribution in [0, 0.1) is 17.0 Å². The van der Waals surface area contributed by atoms with Crippen LogP contribution in [0.15, 0.2) is 71.8 Å². The van der Waals surface area contributed by atoms with Crippen molar-refractivity contribution in [3.05, 3.63) is 106 Å². The molecule has 202 valence electrons. The number of benzene rings is 2. The van der Waals surface area contributed by atoms with Crippen molar-refractivity contribution in [2.75, 3.05) is 11.6 Å². The van der Waals surface area contributed by atoms with Crippen molar-refractivity contribution in [3.8, 4) is 22.7 Å². The van der Waals surface area contributed by atoms with E-state index in [1.165, 1.54) is 12.3 Å². The maximum atomic E-state index is 15.8. The van der Waals surface area contributed by atoms with Gasteiger partial charge in [-0.15, -0.1) is 0 Å². The van der Waals surface area contributed by atoms with Crippen LogP contribution in [0.4, 0.5) is 8.78 Å². The van der Waals surface area contributed by atoms with Gasteiger partial charge in [-0.3, -0.25) is 19.3 Å². The molecular weight excluding hydrogens is 514 g/mol. The highest BCUT2D eigenvalue weighted by Crippen LogP contribution is 2.54. The first kappa shape index (κ1) is 23.5. The van der Waals surface area contributed by atoms with Crippen LogP contribution in [-0.4, -0.2) is 37.9 Å². The summed E-state index contributed by atoms with van der Waals surface area (Å²) in [7, 11) is 0. The minimum Gasteiger partial charge on any atom is -0.502 e. The second-order valence-corrected chi connectivity index (χ2v) is 11.4. The number of aromatic hydroxyl groups is 1.